The minimum absolute atomic E-state index is 0.0685. The van der Waals surface area contributed by atoms with E-state index in [9.17, 15) is 18.0 Å². The Hall–Kier alpha value is -2.71. The van der Waals surface area contributed by atoms with E-state index in [1.165, 1.54) is 4.31 Å². The van der Waals surface area contributed by atoms with Crippen LogP contribution in [0, 0.1) is 0 Å². The molecule has 0 saturated carbocycles. The van der Waals surface area contributed by atoms with Gasteiger partial charge in [-0.1, -0.05) is 48.9 Å². The molecule has 0 bridgehead atoms. The van der Waals surface area contributed by atoms with Gasteiger partial charge in [-0.15, -0.1) is 0 Å². The van der Waals surface area contributed by atoms with Crippen LogP contribution in [0.3, 0.4) is 0 Å². The molecule has 2 amide bonds. The standard InChI is InChI=1S/C24H31N3O4S/c1-2-26(19-21-9-5-3-6-10-21)24(29)18-25-23(28)17-20-11-13-22(14-12-20)32(30,31)27-15-7-4-8-16-27/h3,5-6,9-14H,2,4,7-8,15-19H2,1H3,(H,25,28). The van der Waals surface area contributed by atoms with Crippen LogP contribution < -0.4 is 5.32 Å². The van der Waals surface area contributed by atoms with Gasteiger partial charge in [0.2, 0.25) is 21.8 Å². The molecule has 0 atom stereocenters. The lowest BCUT2D eigenvalue weighted by Crippen LogP contribution is -2.40. The molecule has 1 aliphatic rings. The second kappa shape index (κ2) is 11.2. The number of nitrogens with zero attached hydrogens (tertiary/aromatic N) is 2. The third kappa shape index (κ3) is 6.40. The molecule has 0 spiro atoms. The fourth-order valence-corrected chi connectivity index (χ4v) is 5.26. The monoisotopic (exact) mass is 457 g/mol. The van der Waals surface area contributed by atoms with Crippen LogP contribution in [0.5, 0.6) is 0 Å². The molecule has 0 unspecified atom stereocenters. The first-order chi connectivity index (χ1) is 15.4. The Morgan fingerprint density at radius 2 is 1.59 bits per heavy atom. The summed E-state index contributed by atoms with van der Waals surface area (Å²) in [7, 11) is -3.48. The largest absolute Gasteiger partial charge is 0.347 e. The van der Waals surface area contributed by atoms with Gasteiger partial charge < -0.3 is 10.2 Å². The Morgan fingerprint density at radius 1 is 0.938 bits per heavy atom. The molecule has 1 saturated heterocycles. The molecule has 0 aliphatic carbocycles. The van der Waals surface area contributed by atoms with Crippen molar-refractivity contribution >= 4 is 21.8 Å². The molecule has 0 aromatic heterocycles. The van der Waals surface area contributed by atoms with E-state index >= 15 is 0 Å². The number of nitrogens with one attached hydrogen (secondary N) is 1. The van der Waals surface area contributed by atoms with E-state index in [1.54, 1.807) is 29.2 Å². The maximum absolute atomic E-state index is 12.7. The first-order valence-corrected chi connectivity index (χ1v) is 12.5. The van der Waals surface area contributed by atoms with Crippen molar-refractivity contribution in [1.82, 2.24) is 14.5 Å². The predicted molar refractivity (Wildman–Crippen MR) is 123 cm³/mol. The van der Waals surface area contributed by atoms with E-state index in [2.05, 4.69) is 5.32 Å². The van der Waals surface area contributed by atoms with Gasteiger partial charge in [0, 0.05) is 26.2 Å². The van der Waals surface area contributed by atoms with Crippen LogP contribution in [-0.4, -0.2) is 55.6 Å². The maximum Gasteiger partial charge on any atom is 0.243 e. The number of piperidine rings is 1. The zero-order valence-electron chi connectivity index (χ0n) is 18.5. The van der Waals surface area contributed by atoms with Crippen molar-refractivity contribution in [1.29, 1.82) is 0 Å². The van der Waals surface area contributed by atoms with Gasteiger partial charge in [-0.3, -0.25) is 9.59 Å². The molecule has 0 radical (unpaired) electrons. The van der Waals surface area contributed by atoms with E-state index in [4.69, 9.17) is 0 Å². The van der Waals surface area contributed by atoms with Crippen molar-refractivity contribution in [2.45, 2.75) is 44.0 Å². The Labute approximate surface area is 190 Å². The highest BCUT2D eigenvalue weighted by Gasteiger charge is 2.25. The van der Waals surface area contributed by atoms with E-state index in [-0.39, 0.29) is 29.7 Å². The summed E-state index contributed by atoms with van der Waals surface area (Å²) < 4.78 is 27.0. The highest BCUT2D eigenvalue weighted by Crippen LogP contribution is 2.21. The number of carbonyl (C=O) groups excluding carboxylic acids is 2. The van der Waals surface area contributed by atoms with Gasteiger partial charge in [0.05, 0.1) is 17.9 Å². The fraction of sp³-hybridized carbons (Fsp3) is 0.417. The molecule has 3 rings (SSSR count). The molecular formula is C24H31N3O4S. The van der Waals surface area contributed by atoms with Crippen LogP contribution in [0.4, 0.5) is 0 Å². The molecule has 32 heavy (non-hydrogen) atoms. The maximum atomic E-state index is 12.7. The van der Waals surface area contributed by atoms with Crippen LogP contribution in [-0.2, 0) is 32.6 Å². The zero-order valence-corrected chi connectivity index (χ0v) is 19.3. The average molecular weight is 458 g/mol. The number of carbonyl (C=O) groups is 2. The Morgan fingerprint density at radius 3 is 2.22 bits per heavy atom. The summed E-state index contributed by atoms with van der Waals surface area (Å²) in [5, 5.41) is 2.67. The number of likely N-dealkylation sites (N-methyl/N-ethyl adjacent to an activating group) is 1. The lowest BCUT2D eigenvalue weighted by atomic mass is 10.1. The van der Waals surface area contributed by atoms with Gasteiger partial charge in [0.25, 0.3) is 0 Å². The molecule has 1 N–H and O–H groups in total. The summed E-state index contributed by atoms with van der Waals surface area (Å²) in [5.41, 5.74) is 1.73. The summed E-state index contributed by atoms with van der Waals surface area (Å²) in [4.78, 5) is 26.7. The minimum Gasteiger partial charge on any atom is -0.347 e. The van der Waals surface area contributed by atoms with E-state index < -0.39 is 10.0 Å². The average Bonchev–Trinajstić information content (AvgIpc) is 2.82. The van der Waals surface area contributed by atoms with Crippen LogP contribution >= 0.6 is 0 Å². The van der Waals surface area contributed by atoms with Gasteiger partial charge in [-0.25, -0.2) is 8.42 Å². The molecule has 2 aromatic rings. The summed E-state index contributed by atoms with van der Waals surface area (Å²) in [6, 6.07) is 16.1. The van der Waals surface area contributed by atoms with Crippen molar-refractivity contribution < 1.29 is 18.0 Å². The first kappa shape index (κ1) is 23.9. The minimum atomic E-state index is -3.48. The molecule has 172 valence electrons. The Kier molecular flexibility index (Phi) is 8.41. The van der Waals surface area contributed by atoms with Crippen LogP contribution in [0.15, 0.2) is 59.5 Å². The van der Waals surface area contributed by atoms with Crippen molar-refractivity contribution in [3.05, 3.63) is 65.7 Å². The third-order valence-electron chi connectivity index (χ3n) is 5.63. The lowest BCUT2D eigenvalue weighted by Gasteiger charge is -2.25. The number of hydrogen-bond donors (Lipinski definition) is 1. The Bertz CT molecular complexity index is 1000. The molecule has 1 heterocycles. The van der Waals surface area contributed by atoms with E-state index in [0.29, 0.717) is 31.7 Å². The number of hydrogen-bond acceptors (Lipinski definition) is 4. The van der Waals surface area contributed by atoms with E-state index in [1.807, 2.05) is 37.3 Å². The molecule has 7 nitrogen and oxygen atoms in total. The van der Waals surface area contributed by atoms with Gasteiger partial charge in [0.1, 0.15) is 0 Å². The molecule has 1 fully saturated rings. The quantitative estimate of drug-likeness (QED) is 0.627. The highest BCUT2D eigenvalue weighted by molar-refractivity contribution is 7.89. The zero-order chi connectivity index (χ0) is 23.0. The second-order valence-corrected chi connectivity index (χ2v) is 9.89. The Balaban J connectivity index is 1.50. The second-order valence-electron chi connectivity index (χ2n) is 7.96. The molecule has 1 aliphatic heterocycles. The van der Waals surface area contributed by atoms with Crippen LogP contribution in [0.25, 0.3) is 0 Å². The summed E-state index contributed by atoms with van der Waals surface area (Å²) in [6.07, 6.45) is 2.92. The number of rotatable bonds is 9. The van der Waals surface area contributed by atoms with Gasteiger partial charge in [0.15, 0.2) is 0 Å². The van der Waals surface area contributed by atoms with Crippen molar-refractivity contribution in [3.8, 4) is 0 Å². The molecular weight excluding hydrogens is 426 g/mol. The van der Waals surface area contributed by atoms with Crippen LogP contribution in [0.2, 0.25) is 0 Å². The lowest BCUT2D eigenvalue weighted by molar-refractivity contribution is -0.133. The van der Waals surface area contributed by atoms with Gasteiger partial charge in [-0.2, -0.15) is 4.31 Å². The predicted octanol–water partition coefficient (Wildman–Crippen LogP) is 2.57. The topological polar surface area (TPSA) is 86.8 Å². The number of benzene rings is 2. The van der Waals surface area contributed by atoms with Gasteiger partial charge >= 0.3 is 0 Å². The number of amides is 2. The summed E-state index contributed by atoms with van der Waals surface area (Å²) >= 11 is 0. The highest BCUT2D eigenvalue weighted by atomic mass is 32.2. The molecule has 8 heteroatoms. The molecule has 2 aromatic carbocycles. The van der Waals surface area contributed by atoms with Gasteiger partial charge in [-0.05, 0) is 43.0 Å². The fourth-order valence-electron chi connectivity index (χ4n) is 3.75. The smallest absolute Gasteiger partial charge is 0.243 e. The first-order valence-electron chi connectivity index (χ1n) is 11.1. The summed E-state index contributed by atoms with van der Waals surface area (Å²) in [6.45, 7) is 4.00. The summed E-state index contributed by atoms with van der Waals surface area (Å²) in [5.74, 6) is -0.423. The van der Waals surface area contributed by atoms with Crippen molar-refractivity contribution in [2.75, 3.05) is 26.2 Å². The number of sulfonamides is 1. The third-order valence-corrected chi connectivity index (χ3v) is 7.54. The van der Waals surface area contributed by atoms with Crippen molar-refractivity contribution in [2.24, 2.45) is 0 Å². The van der Waals surface area contributed by atoms with Crippen molar-refractivity contribution in [3.63, 3.8) is 0 Å². The normalized spacial score (nSPS) is 14.7. The van der Waals surface area contributed by atoms with Crippen LogP contribution in [0.1, 0.15) is 37.3 Å². The van der Waals surface area contributed by atoms with E-state index in [0.717, 1.165) is 24.8 Å². The SMILES string of the molecule is CCN(Cc1ccccc1)C(=O)CNC(=O)Cc1ccc(S(=O)(=O)N2CCCCC2)cc1.